The molecule has 88 valence electrons. The van der Waals surface area contributed by atoms with Gasteiger partial charge in [0.1, 0.15) is 12.7 Å². The molecule has 0 saturated heterocycles. The van der Waals surface area contributed by atoms with Gasteiger partial charge in [-0.3, -0.25) is 0 Å². The van der Waals surface area contributed by atoms with Crippen molar-refractivity contribution in [1.82, 2.24) is 5.32 Å². The van der Waals surface area contributed by atoms with Gasteiger partial charge in [0.15, 0.2) is 0 Å². The van der Waals surface area contributed by atoms with E-state index in [0.717, 1.165) is 18.6 Å². The lowest BCUT2D eigenvalue weighted by atomic mass is 10.3. The molecule has 1 unspecified atom stereocenters. The molecule has 0 heterocycles. The number of nitrogens with zero attached hydrogens (tertiary/aromatic N) is 1. The Kier molecular flexibility index (Phi) is 5.65. The van der Waals surface area contributed by atoms with Crippen LogP contribution < -0.4 is 5.32 Å². The monoisotopic (exact) mass is 214 g/mol. The first-order valence-electron chi connectivity index (χ1n) is 5.77. The fourth-order valence-electron chi connectivity index (χ4n) is 1.52. The van der Waals surface area contributed by atoms with Gasteiger partial charge in [-0.1, -0.05) is 19.0 Å². The molecule has 0 amide bonds. The van der Waals surface area contributed by atoms with Crippen molar-refractivity contribution in [3.63, 3.8) is 0 Å². The quantitative estimate of drug-likeness (QED) is 0.655. The predicted molar refractivity (Wildman–Crippen MR) is 61.0 cm³/mol. The molecule has 1 aliphatic carbocycles. The molecule has 0 spiro atoms. The van der Waals surface area contributed by atoms with E-state index in [9.17, 15) is 5.11 Å². The average molecular weight is 214 g/mol. The Hall–Kier alpha value is -0.610. The zero-order chi connectivity index (χ0) is 11.1. The number of aliphatic hydroxyl groups is 1. The average Bonchev–Trinajstić information content (AvgIpc) is 2.67. The van der Waals surface area contributed by atoms with Crippen molar-refractivity contribution >= 4 is 5.71 Å². The first-order chi connectivity index (χ1) is 7.18. The molecule has 0 bridgehead atoms. The summed E-state index contributed by atoms with van der Waals surface area (Å²) in [7, 11) is 0. The second kappa shape index (κ2) is 6.80. The SMILES string of the molecule is CC(C)NCC(O)CON=C1CCCC1. The van der Waals surface area contributed by atoms with E-state index in [2.05, 4.69) is 10.5 Å². The Morgan fingerprint density at radius 1 is 1.40 bits per heavy atom. The van der Waals surface area contributed by atoms with Gasteiger partial charge in [0.2, 0.25) is 0 Å². The molecular formula is C11H22N2O2. The highest BCUT2D eigenvalue weighted by Crippen LogP contribution is 2.14. The minimum absolute atomic E-state index is 0.281. The smallest absolute Gasteiger partial charge is 0.144 e. The van der Waals surface area contributed by atoms with Gasteiger partial charge < -0.3 is 15.3 Å². The van der Waals surface area contributed by atoms with Crippen LogP contribution in [0.3, 0.4) is 0 Å². The van der Waals surface area contributed by atoms with Crippen molar-refractivity contribution in [3.8, 4) is 0 Å². The molecule has 1 aliphatic rings. The molecule has 4 heteroatoms. The van der Waals surface area contributed by atoms with E-state index in [-0.39, 0.29) is 6.61 Å². The summed E-state index contributed by atoms with van der Waals surface area (Å²) in [6.45, 7) is 4.93. The van der Waals surface area contributed by atoms with Crippen molar-refractivity contribution in [1.29, 1.82) is 0 Å². The van der Waals surface area contributed by atoms with Crippen LogP contribution in [0.4, 0.5) is 0 Å². The van der Waals surface area contributed by atoms with Gasteiger partial charge in [0.05, 0.1) is 5.71 Å². The third-order valence-electron chi connectivity index (χ3n) is 2.40. The van der Waals surface area contributed by atoms with Crippen LogP contribution in [0.25, 0.3) is 0 Å². The van der Waals surface area contributed by atoms with E-state index in [4.69, 9.17) is 4.84 Å². The molecule has 0 aliphatic heterocycles. The predicted octanol–water partition coefficient (Wildman–Crippen LogP) is 1.29. The standard InChI is InChI=1S/C11H22N2O2/c1-9(2)12-7-11(14)8-15-13-10-5-3-4-6-10/h9,11-12,14H,3-8H2,1-2H3. The zero-order valence-corrected chi connectivity index (χ0v) is 9.70. The Labute approximate surface area is 91.7 Å². The van der Waals surface area contributed by atoms with Gasteiger partial charge in [0.25, 0.3) is 0 Å². The van der Waals surface area contributed by atoms with Gasteiger partial charge in [-0.15, -0.1) is 0 Å². The molecule has 0 radical (unpaired) electrons. The largest absolute Gasteiger partial charge is 0.393 e. The second-order valence-corrected chi connectivity index (χ2v) is 4.38. The number of oxime groups is 1. The maximum atomic E-state index is 9.52. The highest BCUT2D eigenvalue weighted by molar-refractivity contribution is 5.85. The first-order valence-corrected chi connectivity index (χ1v) is 5.77. The number of rotatable bonds is 6. The molecule has 4 nitrogen and oxygen atoms in total. The fraction of sp³-hybridized carbons (Fsp3) is 0.909. The molecule has 1 fully saturated rings. The highest BCUT2D eigenvalue weighted by Gasteiger charge is 2.09. The number of hydrogen-bond acceptors (Lipinski definition) is 4. The van der Waals surface area contributed by atoms with Crippen molar-refractivity contribution in [2.75, 3.05) is 13.2 Å². The van der Waals surface area contributed by atoms with E-state index >= 15 is 0 Å². The Morgan fingerprint density at radius 3 is 2.67 bits per heavy atom. The molecule has 1 atom stereocenters. The molecule has 1 rings (SSSR count). The molecule has 1 saturated carbocycles. The van der Waals surface area contributed by atoms with Gasteiger partial charge in [-0.05, 0) is 25.7 Å². The Bertz CT molecular complexity index is 197. The third-order valence-corrected chi connectivity index (χ3v) is 2.40. The number of aliphatic hydroxyl groups excluding tert-OH is 1. The first kappa shape index (κ1) is 12.5. The van der Waals surface area contributed by atoms with Crippen LogP contribution in [0.15, 0.2) is 5.16 Å². The molecular weight excluding hydrogens is 192 g/mol. The van der Waals surface area contributed by atoms with Crippen LogP contribution in [0.5, 0.6) is 0 Å². The van der Waals surface area contributed by atoms with E-state index in [1.165, 1.54) is 12.8 Å². The minimum Gasteiger partial charge on any atom is -0.393 e. The molecule has 2 N–H and O–H groups in total. The summed E-state index contributed by atoms with van der Waals surface area (Å²) in [5, 5.41) is 16.7. The summed E-state index contributed by atoms with van der Waals surface area (Å²) in [6.07, 6.45) is 4.08. The third kappa shape index (κ3) is 5.74. The lowest BCUT2D eigenvalue weighted by Crippen LogP contribution is -2.34. The fourth-order valence-corrected chi connectivity index (χ4v) is 1.52. The number of hydrogen-bond donors (Lipinski definition) is 2. The Morgan fingerprint density at radius 2 is 2.07 bits per heavy atom. The maximum Gasteiger partial charge on any atom is 0.144 e. The molecule has 0 aromatic carbocycles. The topological polar surface area (TPSA) is 53.8 Å². The Balaban J connectivity index is 2.05. The van der Waals surface area contributed by atoms with Gasteiger partial charge in [0, 0.05) is 12.6 Å². The molecule has 0 aromatic rings. The summed E-state index contributed by atoms with van der Waals surface area (Å²) in [5.74, 6) is 0. The highest BCUT2D eigenvalue weighted by atomic mass is 16.6. The van der Waals surface area contributed by atoms with Crippen molar-refractivity contribution < 1.29 is 9.94 Å². The van der Waals surface area contributed by atoms with E-state index in [0.29, 0.717) is 12.6 Å². The van der Waals surface area contributed by atoms with E-state index in [1.54, 1.807) is 0 Å². The van der Waals surface area contributed by atoms with Crippen LogP contribution in [0, 0.1) is 0 Å². The van der Waals surface area contributed by atoms with Crippen molar-refractivity contribution in [3.05, 3.63) is 0 Å². The van der Waals surface area contributed by atoms with Crippen LogP contribution in [0.2, 0.25) is 0 Å². The lowest BCUT2D eigenvalue weighted by Gasteiger charge is -2.12. The van der Waals surface area contributed by atoms with Gasteiger partial charge in [-0.2, -0.15) is 0 Å². The van der Waals surface area contributed by atoms with Gasteiger partial charge >= 0.3 is 0 Å². The van der Waals surface area contributed by atoms with Crippen molar-refractivity contribution in [2.24, 2.45) is 5.16 Å². The van der Waals surface area contributed by atoms with Crippen LogP contribution in [-0.4, -0.2) is 36.1 Å². The van der Waals surface area contributed by atoms with E-state index < -0.39 is 6.10 Å². The number of nitrogens with one attached hydrogen (secondary N) is 1. The summed E-state index contributed by atoms with van der Waals surface area (Å²) in [6, 6.07) is 0.390. The summed E-state index contributed by atoms with van der Waals surface area (Å²) < 4.78 is 0. The summed E-state index contributed by atoms with van der Waals surface area (Å²) >= 11 is 0. The minimum atomic E-state index is -0.474. The van der Waals surface area contributed by atoms with Crippen LogP contribution in [-0.2, 0) is 4.84 Å². The molecule has 0 aromatic heterocycles. The van der Waals surface area contributed by atoms with Gasteiger partial charge in [-0.25, -0.2) is 0 Å². The maximum absolute atomic E-state index is 9.52. The second-order valence-electron chi connectivity index (χ2n) is 4.38. The zero-order valence-electron chi connectivity index (χ0n) is 9.70. The van der Waals surface area contributed by atoms with Crippen LogP contribution in [0.1, 0.15) is 39.5 Å². The summed E-state index contributed by atoms with van der Waals surface area (Å²) in [4.78, 5) is 5.11. The van der Waals surface area contributed by atoms with Crippen molar-refractivity contribution in [2.45, 2.75) is 51.7 Å². The van der Waals surface area contributed by atoms with E-state index in [1.807, 2.05) is 13.8 Å². The lowest BCUT2D eigenvalue weighted by molar-refractivity contribution is 0.0391. The summed E-state index contributed by atoms with van der Waals surface area (Å²) in [5.41, 5.74) is 1.14. The normalized spacial score (nSPS) is 18.3. The van der Waals surface area contributed by atoms with Crippen LogP contribution >= 0.6 is 0 Å². The molecule has 15 heavy (non-hydrogen) atoms.